The number of sulfone groups is 1. The number of hydrogen-bond acceptors (Lipinski definition) is 4. The first kappa shape index (κ1) is 17.9. The van der Waals surface area contributed by atoms with E-state index in [9.17, 15) is 13.2 Å². The molecule has 0 aliphatic rings. The molecule has 0 radical (unpaired) electrons. The average molecular weight is 369 g/mol. The van der Waals surface area contributed by atoms with Crippen LogP contribution in [-0.4, -0.2) is 14.3 Å². The number of aryl methyl sites for hydroxylation is 3. The molecule has 0 bridgehead atoms. The molecular formula is C20H19NO4S. The molecule has 2 aromatic carbocycles. The molecule has 1 heterocycles. The molecule has 1 N–H and O–H groups in total. The fraction of sp³-hybridized carbons (Fsp3) is 0.150. The summed E-state index contributed by atoms with van der Waals surface area (Å²) in [7, 11) is -3.80. The minimum absolute atomic E-state index is 0.0612. The van der Waals surface area contributed by atoms with Gasteiger partial charge in [-0.2, -0.15) is 0 Å². The lowest BCUT2D eigenvalue weighted by molar-refractivity contribution is 0.0991. The Balaban J connectivity index is 1.83. The Kier molecular flexibility index (Phi) is 4.70. The van der Waals surface area contributed by atoms with Crippen LogP contribution >= 0.6 is 0 Å². The zero-order chi connectivity index (χ0) is 18.9. The van der Waals surface area contributed by atoms with Gasteiger partial charge in [0.05, 0.1) is 4.90 Å². The molecule has 1 aromatic heterocycles. The molecule has 5 nitrogen and oxygen atoms in total. The molecule has 0 aliphatic carbocycles. The number of nitrogens with one attached hydrogen (secondary N) is 1. The van der Waals surface area contributed by atoms with Gasteiger partial charge in [-0.1, -0.05) is 23.8 Å². The Labute approximate surface area is 152 Å². The predicted octanol–water partition coefficient (Wildman–Crippen LogP) is 4.29. The van der Waals surface area contributed by atoms with E-state index in [2.05, 4.69) is 5.32 Å². The molecule has 6 heteroatoms. The van der Waals surface area contributed by atoms with E-state index in [0.29, 0.717) is 5.69 Å². The molecule has 0 saturated heterocycles. The number of amides is 1. The summed E-state index contributed by atoms with van der Waals surface area (Å²) in [5.41, 5.74) is 3.74. The van der Waals surface area contributed by atoms with Crippen molar-refractivity contribution < 1.29 is 17.6 Å². The van der Waals surface area contributed by atoms with Crippen LogP contribution in [0.2, 0.25) is 0 Å². The summed E-state index contributed by atoms with van der Waals surface area (Å²) in [6, 6.07) is 14.6. The molecule has 3 rings (SSSR count). The van der Waals surface area contributed by atoms with Crippen LogP contribution < -0.4 is 5.32 Å². The highest BCUT2D eigenvalue weighted by Crippen LogP contribution is 2.24. The lowest BCUT2D eigenvalue weighted by Gasteiger charge is -2.06. The van der Waals surface area contributed by atoms with E-state index in [4.69, 9.17) is 4.42 Å². The second-order valence-electron chi connectivity index (χ2n) is 6.19. The van der Waals surface area contributed by atoms with Gasteiger partial charge < -0.3 is 9.73 Å². The van der Waals surface area contributed by atoms with Crippen LogP contribution in [-0.2, 0) is 9.84 Å². The Morgan fingerprint density at radius 2 is 1.58 bits per heavy atom. The number of carbonyl (C=O) groups is 1. The molecule has 0 unspecified atom stereocenters. The van der Waals surface area contributed by atoms with Crippen LogP contribution in [0.4, 0.5) is 5.69 Å². The Bertz CT molecular complexity index is 1060. The van der Waals surface area contributed by atoms with Crippen molar-refractivity contribution in [2.24, 2.45) is 0 Å². The Morgan fingerprint density at radius 3 is 2.23 bits per heavy atom. The molecule has 3 aromatic rings. The van der Waals surface area contributed by atoms with Crippen LogP contribution in [0.3, 0.4) is 0 Å². The molecule has 134 valence electrons. The van der Waals surface area contributed by atoms with Gasteiger partial charge in [0, 0.05) is 5.69 Å². The van der Waals surface area contributed by atoms with Crippen molar-refractivity contribution in [3.05, 3.63) is 77.0 Å². The smallest absolute Gasteiger partial charge is 0.291 e. The predicted molar refractivity (Wildman–Crippen MR) is 99.2 cm³/mol. The molecule has 0 spiro atoms. The molecule has 0 fully saturated rings. The quantitative estimate of drug-likeness (QED) is 0.744. The SMILES string of the molecule is Cc1ccc(S(=O)(=O)c2ccc(C(=O)Nc3ccc(C)c(C)c3)o2)cc1. The van der Waals surface area contributed by atoms with Gasteiger partial charge in [-0.25, -0.2) is 8.42 Å². The summed E-state index contributed by atoms with van der Waals surface area (Å²) < 4.78 is 30.5. The van der Waals surface area contributed by atoms with Crippen LogP contribution in [0.15, 0.2) is 69.0 Å². The molecule has 0 atom stereocenters. The second-order valence-corrected chi connectivity index (χ2v) is 8.07. The highest BCUT2D eigenvalue weighted by molar-refractivity contribution is 7.91. The van der Waals surface area contributed by atoms with Gasteiger partial charge in [-0.05, 0) is 68.3 Å². The van der Waals surface area contributed by atoms with Gasteiger partial charge in [-0.3, -0.25) is 4.79 Å². The first-order valence-corrected chi connectivity index (χ1v) is 9.56. The van der Waals surface area contributed by atoms with Crippen LogP contribution in [0.1, 0.15) is 27.2 Å². The first-order valence-electron chi connectivity index (χ1n) is 8.07. The summed E-state index contributed by atoms with van der Waals surface area (Å²) in [4.78, 5) is 12.5. The topological polar surface area (TPSA) is 76.4 Å². The molecular weight excluding hydrogens is 350 g/mol. The molecule has 0 saturated carbocycles. The zero-order valence-electron chi connectivity index (χ0n) is 14.7. The number of carbonyl (C=O) groups excluding carboxylic acids is 1. The van der Waals surface area contributed by atoms with Gasteiger partial charge in [0.2, 0.25) is 14.9 Å². The summed E-state index contributed by atoms with van der Waals surface area (Å²) in [6.07, 6.45) is 0. The largest absolute Gasteiger partial charge is 0.439 e. The second kappa shape index (κ2) is 6.80. The lowest BCUT2D eigenvalue weighted by Crippen LogP contribution is -2.11. The fourth-order valence-corrected chi connectivity index (χ4v) is 3.61. The Hall–Kier alpha value is -2.86. The zero-order valence-corrected chi connectivity index (χ0v) is 15.6. The normalized spacial score (nSPS) is 11.3. The maximum absolute atomic E-state index is 12.6. The standard InChI is InChI=1S/C20H19NO4S/c1-13-4-8-17(9-5-13)26(23,24)19-11-10-18(25-19)20(22)21-16-7-6-14(2)15(3)12-16/h4-12H,1-3H3,(H,21,22). The summed E-state index contributed by atoms with van der Waals surface area (Å²) in [6.45, 7) is 5.80. The van der Waals surface area contributed by atoms with Crippen molar-refractivity contribution >= 4 is 21.4 Å². The van der Waals surface area contributed by atoms with E-state index in [-0.39, 0.29) is 15.7 Å². The average Bonchev–Trinajstić information content (AvgIpc) is 3.10. The van der Waals surface area contributed by atoms with Gasteiger partial charge in [0.25, 0.3) is 5.91 Å². The number of anilines is 1. The summed E-state index contributed by atoms with van der Waals surface area (Å²) in [5.74, 6) is -0.562. The van der Waals surface area contributed by atoms with E-state index in [0.717, 1.165) is 16.7 Å². The van der Waals surface area contributed by atoms with E-state index in [1.54, 1.807) is 18.2 Å². The van der Waals surface area contributed by atoms with Crippen molar-refractivity contribution in [1.29, 1.82) is 0 Å². The van der Waals surface area contributed by atoms with Crippen molar-refractivity contribution in [3.8, 4) is 0 Å². The van der Waals surface area contributed by atoms with Gasteiger partial charge >= 0.3 is 0 Å². The van der Waals surface area contributed by atoms with Crippen molar-refractivity contribution in [2.75, 3.05) is 5.32 Å². The van der Waals surface area contributed by atoms with E-state index in [1.807, 2.05) is 32.9 Å². The minimum Gasteiger partial charge on any atom is -0.439 e. The van der Waals surface area contributed by atoms with Crippen LogP contribution in [0.5, 0.6) is 0 Å². The van der Waals surface area contributed by atoms with Gasteiger partial charge in [0.15, 0.2) is 5.76 Å². The third-order valence-corrected chi connectivity index (χ3v) is 5.81. The molecule has 0 aliphatic heterocycles. The highest BCUT2D eigenvalue weighted by atomic mass is 32.2. The minimum atomic E-state index is -3.80. The number of furan rings is 1. The van der Waals surface area contributed by atoms with Crippen molar-refractivity contribution in [1.82, 2.24) is 0 Å². The number of hydrogen-bond donors (Lipinski definition) is 1. The number of benzene rings is 2. The maximum atomic E-state index is 12.6. The van der Waals surface area contributed by atoms with E-state index >= 15 is 0 Å². The van der Waals surface area contributed by atoms with Crippen LogP contribution in [0.25, 0.3) is 0 Å². The van der Waals surface area contributed by atoms with E-state index in [1.165, 1.54) is 24.3 Å². The lowest BCUT2D eigenvalue weighted by atomic mass is 10.1. The van der Waals surface area contributed by atoms with Gasteiger partial charge in [0.1, 0.15) is 0 Å². The summed E-state index contributed by atoms with van der Waals surface area (Å²) >= 11 is 0. The Morgan fingerprint density at radius 1 is 0.885 bits per heavy atom. The maximum Gasteiger partial charge on any atom is 0.291 e. The van der Waals surface area contributed by atoms with Crippen molar-refractivity contribution in [3.63, 3.8) is 0 Å². The van der Waals surface area contributed by atoms with Crippen LogP contribution in [0, 0.1) is 20.8 Å². The highest BCUT2D eigenvalue weighted by Gasteiger charge is 2.23. The first-order chi connectivity index (χ1) is 12.3. The van der Waals surface area contributed by atoms with Crippen molar-refractivity contribution in [2.45, 2.75) is 30.8 Å². The monoisotopic (exact) mass is 369 g/mol. The molecule has 26 heavy (non-hydrogen) atoms. The summed E-state index contributed by atoms with van der Waals surface area (Å²) in [5, 5.41) is 2.45. The van der Waals surface area contributed by atoms with Gasteiger partial charge in [-0.15, -0.1) is 0 Å². The third-order valence-electron chi connectivity index (χ3n) is 4.17. The fourth-order valence-electron chi connectivity index (χ4n) is 2.43. The van der Waals surface area contributed by atoms with E-state index < -0.39 is 15.7 Å². The number of rotatable bonds is 4. The third kappa shape index (κ3) is 3.55. The molecule has 1 amide bonds.